The average Bonchev–Trinajstić information content (AvgIpc) is 2.93. The highest BCUT2D eigenvalue weighted by Gasteiger charge is 2.35. The number of phenols is 1. The van der Waals surface area contributed by atoms with Gasteiger partial charge in [0, 0.05) is 6.07 Å². The summed E-state index contributed by atoms with van der Waals surface area (Å²) < 4.78 is 13.6. The first-order valence-corrected chi connectivity index (χ1v) is 9.02. The van der Waals surface area contributed by atoms with Crippen LogP contribution in [0.4, 0.5) is 20.6 Å². The number of carbonyl (C=O) groups excluding carboxylic acids is 3. The van der Waals surface area contributed by atoms with E-state index >= 15 is 0 Å². The van der Waals surface area contributed by atoms with E-state index in [9.17, 15) is 34.0 Å². The number of hydrogen-bond acceptors (Lipinski definition) is 6. The highest BCUT2D eigenvalue weighted by Crippen LogP contribution is 2.35. The zero-order valence-electron chi connectivity index (χ0n) is 14.9. The van der Waals surface area contributed by atoms with Crippen LogP contribution in [0.1, 0.15) is 5.56 Å². The molecule has 0 atom stereocenters. The number of hydrogen-bond donors (Lipinski definition) is 3. The van der Waals surface area contributed by atoms with Crippen LogP contribution in [0.3, 0.4) is 0 Å². The Morgan fingerprint density at radius 2 is 2.03 bits per heavy atom. The highest BCUT2D eigenvalue weighted by molar-refractivity contribution is 9.10. The molecule has 3 N–H and O–H groups in total. The van der Waals surface area contributed by atoms with Crippen molar-refractivity contribution < 1.29 is 28.8 Å². The van der Waals surface area contributed by atoms with Crippen LogP contribution in [0.25, 0.3) is 6.08 Å². The molecule has 2 aromatic carbocycles. The van der Waals surface area contributed by atoms with Gasteiger partial charge in [0.05, 0.1) is 15.1 Å². The maximum absolute atomic E-state index is 13.6. The first-order valence-electron chi connectivity index (χ1n) is 8.23. The number of para-hydroxylation sites is 1. The lowest BCUT2D eigenvalue weighted by molar-refractivity contribution is -0.386. The molecule has 10 nitrogen and oxygen atoms in total. The van der Waals surface area contributed by atoms with Crippen LogP contribution in [0.15, 0.2) is 46.6 Å². The second-order valence-corrected chi connectivity index (χ2v) is 6.89. The molecule has 1 aliphatic heterocycles. The maximum atomic E-state index is 13.6. The predicted octanol–water partition coefficient (Wildman–Crippen LogP) is 2.73. The third kappa shape index (κ3) is 4.27. The van der Waals surface area contributed by atoms with E-state index in [1.807, 2.05) is 0 Å². The van der Waals surface area contributed by atoms with E-state index in [1.54, 1.807) is 0 Å². The molecular formula is C18H12BrFN4O6. The maximum Gasteiger partial charge on any atom is 0.329 e. The van der Waals surface area contributed by atoms with Crippen molar-refractivity contribution in [1.82, 2.24) is 10.2 Å². The number of nitro groups is 1. The van der Waals surface area contributed by atoms with E-state index in [-0.39, 0.29) is 21.4 Å². The molecule has 1 fully saturated rings. The minimum atomic E-state index is -0.887. The number of nitro benzene ring substituents is 1. The normalized spacial score (nSPS) is 14.7. The van der Waals surface area contributed by atoms with Crippen LogP contribution in [-0.2, 0) is 9.59 Å². The van der Waals surface area contributed by atoms with Crippen molar-refractivity contribution in [3.05, 3.63) is 68.1 Å². The summed E-state index contributed by atoms with van der Waals surface area (Å²) in [5, 5.41) is 25.2. The fourth-order valence-corrected chi connectivity index (χ4v) is 3.07. The molecule has 0 spiro atoms. The Morgan fingerprint density at radius 3 is 2.70 bits per heavy atom. The lowest BCUT2D eigenvalue weighted by Crippen LogP contribution is -2.38. The number of benzene rings is 2. The Hall–Kier alpha value is -3.80. The third-order valence-electron chi connectivity index (χ3n) is 3.99. The number of rotatable bonds is 5. The van der Waals surface area contributed by atoms with Gasteiger partial charge >= 0.3 is 11.7 Å². The molecule has 0 bridgehead atoms. The van der Waals surface area contributed by atoms with Crippen LogP contribution in [-0.4, -0.2) is 39.3 Å². The van der Waals surface area contributed by atoms with Gasteiger partial charge in [0.1, 0.15) is 18.1 Å². The van der Waals surface area contributed by atoms with Gasteiger partial charge in [-0.1, -0.05) is 12.1 Å². The highest BCUT2D eigenvalue weighted by atomic mass is 79.9. The molecule has 1 heterocycles. The smallest absolute Gasteiger partial charge is 0.329 e. The van der Waals surface area contributed by atoms with Crippen LogP contribution in [0.2, 0.25) is 0 Å². The average molecular weight is 479 g/mol. The standard InChI is InChI=1S/C18H12BrFN4O6/c19-10-5-9(7-14(16(10)26)24(29)30)6-13-17(27)23(18(28)22-13)8-15(25)21-12-4-2-1-3-11(12)20/h1-7,26H,8H2,(H,21,25)(H,22,28)/b13-6+. The van der Waals surface area contributed by atoms with E-state index in [0.717, 1.165) is 18.2 Å². The van der Waals surface area contributed by atoms with Crippen LogP contribution < -0.4 is 10.6 Å². The molecule has 2 aromatic rings. The number of imide groups is 1. The summed E-state index contributed by atoms with van der Waals surface area (Å²) in [7, 11) is 0. The van der Waals surface area contributed by atoms with E-state index < -0.39 is 46.6 Å². The zero-order valence-corrected chi connectivity index (χ0v) is 16.5. The summed E-state index contributed by atoms with van der Waals surface area (Å²) in [6.45, 7) is -0.671. The molecule has 12 heteroatoms. The number of nitrogens with zero attached hydrogens (tertiary/aromatic N) is 2. The van der Waals surface area contributed by atoms with Gasteiger partial charge < -0.3 is 15.7 Å². The van der Waals surface area contributed by atoms with Gasteiger partial charge in [0.15, 0.2) is 0 Å². The van der Waals surface area contributed by atoms with Crippen molar-refractivity contribution in [3.63, 3.8) is 0 Å². The van der Waals surface area contributed by atoms with Crippen molar-refractivity contribution in [3.8, 4) is 5.75 Å². The van der Waals surface area contributed by atoms with Crippen LogP contribution in [0.5, 0.6) is 5.75 Å². The van der Waals surface area contributed by atoms with Crippen LogP contribution in [0, 0.1) is 15.9 Å². The molecule has 4 amide bonds. The number of anilines is 1. The summed E-state index contributed by atoms with van der Waals surface area (Å²) in [4.78, 5) is 47.5. The molecule has 0 aromatic heterocycles. The molecule has 0 saturated carbocycles. The minimum absolute atomic E-state index is 0.0152. The summed E-state index contributed by atoms with van der Waals surface area (Å²) >= 11 is 2.97. The van der Waals surface area contributed by atoms with Crippen molar-refractivity contribution >= 4 is 51.2 Å². The second kappa shape index (κ2) is 8.29. The third-order valence-corrected chi connectivity index (χ3v) is 4.59. The van der Waals surface area contributed by atoms with Gasteiger partial charge in [-0.15, -0.1) is 0 Å². The van der Waals surface area contributed by atoms with Crippen molar-refractivity contribution in [2.75, 3.05) is 11.9 Å². The number of phenolic OH excluding ortho intramolecular Hbond substituents is 1. The molecule has 30 heavy (non-hydrogen) atoms. The van der Waals surface area contributed by atoms with Crippen molar-refractivity contribution in [2.24, 2.45) is 0 Å². The van der Waals surface area contributed by atoms with Crippen molar-refractivity contribution in [2.45, 2.75) is 0 Å². The Labute approximate surface area is 176 Å². The Balaban J connectivity index is 1.79. The van der Waals surface area contributed by atoms with Crippen LogP contribution >= 0.6 is 15.9 Å². The Morgan fingerprint density at radius 1 is 1.33 bits per heavy atom. The van der Waals surface area contributed by atoms with E-state index in [2.05, 4.69) is 26.6 Å². The molecule has 1 aliphatic rings. The fourth-order valence-electron chi connectivity index (χ4n) is 2.61. The van der Waals surface area contributed by atoms with Gasteiger partial charge in [-0.25, -0.2) is 14.1 Å². The quantitative estimate of drug-likeness (QED) is 0.261. The van der Waals surface area contributed by atoms with Crippen molar-refractivity contribution in [1.29, 1.82) is 0 Å². The number of nitrogens with one attached hydrogen (secondary N) is 2. The first kappa shape index (κ1) is 20.9. The molecule has 1 saturated heterocycles. The van der Waals surface area contributed by atoms with Gasteiger partial charge in [-0.05, 0) is 45.8 Å². The molecule has 0 unspecified atom stereocenters. The zero-order chi connectivity index (χ0) is 22.0. The monoisotopic (exact) mass is 478 g/mol. The summed E-state index contributed by atoms with van der Waals surface area (Å²) in [5.74, 6) is -2.91. The number of amides is 4. The summed E-state index contributed by atoms with van der Waals surface area (Å²) in [6, 6.07) is 6.83. The number of carbonyl (C=O) groups is 3. The molecule has 154 valence electrons. The van der Waals surface area contributed by atoms with Gasteiger partial charge in [-0.3, -0.25) is 19.7 Å². The molecular weight excluding hydrogens is 467 g/mol. The predicted molar refractivity (Wildman–Crippen MR) is 106 cm³/mol. The molecule has 3 rings (SSSR count). The molecule has 0 radical (unpaired) electrons. The Kier molecular flexibility index (Phi) is 5.78. The first-order chi connectivity index (χ1) is 14.2. The lowest BCUT2D eigenvalue weighted by Gasteiger charge is -2.12. The van der Waals surface area contributed by atoms with E-state index in [4.69, 9.17) is 0 Å². The second-order valence-electron chi connectivity index (χ2n) is 6.04. The largest absolute Gasteiger partial charge is 0.501 e. The van der Waals surface area contributed by atoms with Gasteiger partial charge in [0.2, 0.25) is 11.7 Å². The minimum Gasteiger partial charge on any atom is -0.501 e. The lowest BCUT2D eigenvalue weighted by atomic mass is 10.1. The fraction of sp³-hybridized carbons (Fsp3) is 0.0556. The molecule has 0 aliphatic carbocycles. The number of urea groups is 1. The number of halogens is 2. The SMILES string of the molecule is O=C(CN1C(=O)N/C(=C/c2cc(Br)c(O)c([N+](=O)[O-])c2)C1=O)Nc1ccccc1F. The van der Waals surface area contributed by atoms with E-state index in [1.165, 1.54) is 24.3 Å². The topological polar surface area (TPSA) is 142 Å². The number of aromatic hydroxyl groups is 1. The van der Waals surface area contributed by atoms with Gasteiger partial charge in [-0.2, -0.15) is 0 Å². The summed E-state index contributed by atoms with van der Waals surface area (Å²) in [5.41, 5.74) is -0.793. The Bertz CT molecular complexity index is 1120. The summed E-state index contributed by atoms with van der Waals surface area (Å²) in [6.07, 6.45) is 1.16. The van der Waals surface area contributed by atoms with E-state index in [0.29, 0.717) is 4.90 Å². The van der Waals surface area contributed by atoms with Gasteiger partial charge in [0.25, 0.3) is 5.91 Å².